The van der Waals surface area contributed by atoms with Gasteiger partial charge in [-0.3, -0.25) is 0 Å². The number of aliphatic hydroxyl groups excluding tert-OH is 1. The smallest absolute Gasteiger partial charge is 0.330 e. The molecule has 0 saturated heterocycles. The Morgan fingerprint density at radius 3 is 2.04 bits per heavy atom. The molecular formula is C18H24O5. The molecule has 0 aromatic heterocycles. The van der Waals surface area contributed by atoms with Gasteiger partial charge in [-0.25, -0.2) is 9.59 Å². The van der Waals surface area contributed by atoms with Crippen LogP contribution in [0, 0.1) is 0 Å². The summed E-state index contributed by atoms with van der Waals surface area (Å²) in [5.74, 6) is -1.38. The van der Waals surface area contributed by atoms with E-state index in [4.69, 9.17) is 10.2 Å². The van der Waals surface area contributed by atoms with Crippen molar-refractivity contribution in [2.45, 2.75) is 13.3 Å². The van der Waals surface area contributed by atoms with Crippen molar-refractivity contribution in [1.29, 1.82) is 0 Å². The fraction of sp³-hybridized carbons (Fsp3) is 0.222. The third-order valence-corrected chi connectivity index (χ3v) is 2.11. The largest absolute Gasteiger partial charge is 0.478 e. The summed E-state index contributed by atoms with van der Waals surface area (Å²) in [4.78, 5) is 19.9. The maximum absolute atomic E-state index is 10.3. The Balaban J connectivity index is 0. The molecule has 126 valence electrons. The predicted octanol–water partition coefficient (Wildman–Crippen LogP) is 3.07. The van der Waals surface area contributed by atoms with Crippen molar-refractivity contribution in [2.75, 3.05) is 13.2 Å². The summed E-state index contributed by atoms with van der Waals surface area (Å²) in [5, 5.41) is 16.1. The lowest BCUT2D eigenvalue weighted by Crippen LogP contribution is -2.02. The topological polar surface area (TPSA) is 83.8 Å². The summed E-state index contributed by atoms with van der Waals surface area (Å²) < 4.78 is 4.51. The highest BCUT2D eigenvalue weighted by Crippen LogP contribution is 1.97. The number of carboxylic acids is 1. The van der Waals surface area contributed by atoms with E-state index in [1.54, 1.807) is 0 Å². The Morgan fingerprint density at radius 1 is 1.22 bits per heavy atom. The van der Waals surface area contributed by atoms with Crippen LogP contribution < -0.4 is 0 Å². The van der Waals surface area contributed by atoms with Crippen molar-refractivity contribution in [2.24, 2.45) is 0 Å². The Morgan fingerprint density at radius 2 is 1.74 bits per heavy atom. The molecule has 0 aliphatic carbocycles. The molecule has 0 bridgehead atoms. The third-order valence-electron chi connectivity index (χ3n) is 2.11. The van der Waals surface area contributed by atoms with Gasteiger partial charge in [0.25, 0.3) is 0 Å². The number of hydrogen-bond acceptors (Lipinski definition) is 4. The lowest BCUT2D eigenvalue weighted by atomic mass is 10.2. The normalized spacial score (nSPS) is 8.26. The van der Waals surface area contributed by atoms with Gasteiger partial charge >= 0.3 is 11.9 Å². The molecule has 1 aromatic rings. The highest BCUT2D eigenvalue weighted by molar-refractivity contribution is 5.84. The molecule has 0 aliphatic heterocycles. The van der Waals surface area contributed by atoms with E-state index >= 15 is 0 Å². The average Bonchev–Trinajstić information content (AvgIpc) is 2.56. The lowest BCUT2D eigenvalue weighted by Gasteiger charge is -1.96. The molecule has 0 radical (unpaired) electrons. The Hall–Kier alpha value is -2.66. The van der Waals surface area contributed by atoms with E-state index in [0.717, 1.165) is 6.08 Å². The Bertz CT molecular complexity index is 479. The van der Waals surface area contributed by atoms with Crippen LogP contribution in [-0.2, 0) is 14.3 Å². The van der Waals surface area contributed by atoms with Crippen LogP contribution in [0.1, 0.15) is 18.9 Å². The molecule has 0 unspecified atom stereocenters. The summed E-state index contributed by atoms with van der Waals surface area (Å²) in [6.45, 7) is 11.7. The second-order valence-electron chi connectivity index (χ2n) is 4.15. The van der Waals surface area contributed by atoms with Gasteiger partial charge in [-0.15, -0.1) is 0 Å². The Labute approximate surface area is 137 Å². The van der Waals surface area contributed by atoms with Crippen molar-refractivity contribution < 1.29 is 24.5 Å². The molecule has 0 heterocycles. The first-order chi connectivity index (χ1) is 10.9. The molecule has 5 heteroatoms. The standard InChI is InChI=1S/C8H8.C6H10O3.C4H6O2/c1-2-8-6-4-3-5-7-8;1-2-6(8)9-5-3-4-7;1-3(2)4(5)6/h2-7H,1H2;2,7H,1,3-5H2;1H2,2H3,(H,5,6). The van der Waals surface area contributed by atoms with Gasteiger partial charge < -0.3 is 14.9 Å². The zero-order chi connectivity index (χ0) is 18.1. The summed E-state index contributed by atoms with van der Waals surface area (Å²) in [6.07, 6.45) is 3.41. The third kappa shape index (κ3) is 17.3. The van der Waals surface area contributed by atoms with E-state index < -0.39 is 11.9 Å². The first-order valence-corrected chi connectivity index (χ1v) is 6.85. The van der Waals surface area contributed by atoms with Gasteiger partial charge in [0.2, 0.25) is 0 Å². The van der Waals surface area contributed by atoms with Gasteiger partial charge in [-0.2, -0.15) is 0 Å². The van der Waals surface area contributed by atoms with Crippen LogP contribution in [0.15, 0.2) is 61.7 Å². The molecule has 5 nitrogen and oxygen atoms in total. The number of carbonyl (C=O) groups is 2. The van der Waals surface area contributed by atoms with Crippen molar-refractivity contribution >= 4 is 18.0 Å². The summed E-state index contributed by atoms with van der Waals surface area (Å²) in [5.41, 5.74) is 1.35. The summed E-state index contributed by atoms with van der Waals surface area (Å²) >= 11 is 0. The predicted molar refractivity (Wildman–Crippen MR) is 91.8 cm³/mol. The van der Waals surface area contributed by atoms with Gasteiger partial charge in [-0.1, -0.05) is 56.1 Å². The zero-order valence-electron chi connectivity index (χ0n) is 13.4. The number of esters is 1. The van der Waals surface area contributed by atoms with Crippen molar-refractivity contribution in [3.63, 3.8) is 0 Å². The van der Waals surface area contributed by atoms with Crippen LogP contribution in [0.25, 0.3) is 6.08 Å². The number of ether oxygens (including phenoxy) is 1. The molecule has 1 aromatic carbocycles. The lowest BCUT2D eigenvalue weighted by molar-refractivity contribution is -0.138. The van der Waals surface area contributed by atoms with Crippen molar-refractivity contribution in [3.8, 4) is 0 Å². The molecular weight excluding hydrogens is 296 g/mol. The minimum atomic E-state index is -0.935. The number of carboxylic acid groups (broad SMARTS) is 1. The van der Waals surface area contributed by atoms with Crippen molar-refractivity contribution in [1.82, 2.24) is 0 Å². The Kier molecular flexibility index (Phi) is 15.5. The number of carbonyl (C=O) groups excluding carboxylic acids is 1. The molecule has 0 amide bonds. The van der Waals surface area contributed by atoms with Crippen LogP contribution in [0.5, 0.6) is 0 Å². The number of hydrogen-bond donors (Lipinski definition) is 2. The van der Waals surface area contributed by atoms with Gasteiger partial charge in [0.05, 0.1) is 6.61 Å². The van der Waals surface area contributed by atoms with Gasteiger partial charge in [0.15, 0.2) is 0 Å². The first kappa shape index (κ1) is 22.6. The second-order valence-corrected chi connectivity index (χ2v) is 4.15. The molecule has 0 spiro atoms. The van der Waals surface area contributed by atoms with Crippen LogP contribution in [0.3, 0.4) is 0 Å². The van der Waals surface area contributed by atoms with Gasteiger partial charge in [-0.05, 0) is 12.5 Å². The fourth-order valence-corrected chi connectivity index (χ4v) is 0.885. The van der Waals surface area contributed by atoms with Crippen molar-refractivity contribution in [3.05, 3.63) is 67.3 Å². The maximum Gasteiger partial charge on any atom is 0.330 e. The molecule has 0 atom stereocenters. The number of aliphatic carboxylic acids is 1. The molecule has 23 heavy (non-hydrogen) atoms. The molecule has 2 N–H and O–H groups in total. The van der Waals surface area contributed by atoms with Gasteiger partial charge in [0, 0.05) is 24.7 Å². The quantitative estimate of drug-likeness (QED) is 0.478. The number of aliphatic hydroxyl groups is 1. The summed E-state index contributed by atoms with van der Waals surface area (Å²) in [7, 11) is 0. The maximum atomic E-state index is 10.3. The monoisotopic (exact) mass is 320 g/mol. The average molecular weight is 320 g/mol. The summed E-state index contributed by atoms with van der Waals surface area (Å²) in [6, 6.07) is 10.0. The molecule has 0 aliphatic rings. The number of benzene rings is 1. The van der Waals surface area contributed by atoms with E-state index in [9.17, 15) is 9.59 Å². The SMILES string of the molecule is C=C(C)C(=O)O.C=CC(=O)OCCCO.C=Cc1ccccc1. The fourth-order valence-electron chi connectivity index (χ4n) is 0.885. The van der Waals surface area contributed by atoms with E-state index in [1.165, 1.54) is 12.5 Å². The molecule has 1 rings (SSSR count). The van der Waals surface area contributed by atoms with E-state index in [2.05, 4.69) is 24.5 Å². The molecule has 0 saturated carbocycles. The highest BCUT2D eigenvalue weighted by atomic mass is 16.5. The minimum Gasteiger partial charge on any atom is -0.478 e. The van der Waals surface area contributed by atoms with E-state index in [0.29, 0.717) is 6.42 Å². The van der Waals surface area contributed by atoms with Gasteiger partial charge in [0.1, 0.15) is 0 Å². The highest BCUT2D eigenvalue weighted by Gasteiger charge is 1.92. The van der Waals surface area contributed by atoms with E-state index in [1.807, 2.05) is 36.4 Å². The number of rotatable bonds is 6. The van der Waals surface area contributed by atoms with Crippen LogP contribution >= 0.6 is 0 Å². The first-order valence-electron chi connectivity index (χ1n) is 6.85. The minimum absolute atomic E-state index is 0.0461. The van der Waals surface area contributed by atoms with E-state index in [-0.39, 0.29) is 18.8 Å². The van der Waals surface area contributed by atoms with Crippen LogP contribution in [0.4, 0.5) is 0 Å². The second kappa shape index (κ2) is 15.7. The van der Waals surface area contributed by atoms with Crippen LogP contribution in [0.2, 0.25) is 0 Å². The van der Waals surface area contributed by atoms with Crippen LogP contribution in [-0.4, -0.2) is 35.4 Å². The molecule has 0 fully saturated rings. The zero-order valence-corrected chi connectivity index (χ0v) is 13.4.